The van der Waals surface area contributed by atoms with Crippen LogP contribution in [-0.4, -0.2) is 45.6 Å². The monoisotopic (exact) mass is 427 g/mol. The molecule has 2 N–H and O–H groups in total. The smallest absolute Gasteiger partial charge is 0.403 e. The van der Waals surface area contributed by atoms with Crippen LogP contribution in [0, 0.1) is 5.41 Å². The summed E-state index contributed by atoms with van der Waals surface area (Å²) >= 11 is 0. The summed E-state index contributed by atoms with van der Waals surface area (Å²) in [5.41, 5.74) is -1.88. The van der Waals surface area contributed by atoms with Crippen LogP contribution >= 0.6 is 0 Å². The third-order valence-electron chi connectivity index (χ3n) is 5.40. The molecule has 11 heteroatoms. The molecule has 1 spiro atoms. The second kappa shape index (κ2) is 8.49. The first kappa shape index (κ1) is 21.8. The van der Waals surface area contributed by atoms with Crippen LogP contribution in [0.4, 0.5) is 19.2 Å². The number of aromatic nitrogens is 3. The van der Waals surface area contributed by atoms with E-state index in [2.05, 4.69) is 15.5 Å². The van der Waals surface area contributed by atoms with Crippen molar-refractivity contribution in [1.82, 2.24) is 20.1 Å². The fourth-order valence-electron chi connectivity index (χ4n) is 3.38. The molecule has 0 radical (unpaired) electrons. The fourth-order valence-corrected chi connectivity index (χ4v) is 3.38. The molecular weight excluding hydrogens is 403 g/mol. The lowest BCUT2D eigenvalue weighted by atomic mass is 9.94. The lowest BCUT2D eigenvalue weighted by molar-refractivity contribution is -0.141. The lowest BCUT2D eigenvalue weighted by Crippen LogP contribution is -2.41. The molecule has 1 amide bonds. The Bertz CT molecular complexity index is 939. The Morgan fingerprint density at radius 3 is 2.43 bits per heavy atom. The fraction of sp³-hybridized carbons (Fsp3) is 0.579. The maximum atomic E-state index is 12.6. The number of aromatic amines is 1. The van der Waals surface area contributed by atoms with Crippen LogP contribution < -0.4 is 10.9 Å². The third-order valence-corrected chi connectivity index (χ3v) is 5.40. The Labute approximate surface area is 170 Å². The molecule has 1 aliphatic carbocycles. The van der Waals surface area contributed by atoms with E-state index in [4.69, 9.17) is 4.42 Å². The molecule has 0 unspecified atom stereocenters. The van der Waals surface area contributed by atoms with Gasteiger partial charge in [-0.3, -0.25) is 9.59 Å². The SMILES string of the molecule is CC.O=C(CNc1nnc(-c2ccc(C(F)(F)F)[nH]c2=O)o1)N1CCC2(CC1)CC2. The number of likely N-dealkylation sites (tertiary alicyclic amines) is 1. The summed E-state index contributed by atoms with van der Waals surface area (Å²) in [6, 6.07) is 1.60. The van der Waals surface area contributed by atoms with Gasteiger partial charge in [-0.2, -0.15) is 13.2 Å². The van der Waals surface area contributed by atoms with Crippen LogP contribution in [0.5, 0.6) is 0 Å². The highest BCUT2D eigenvalue weighted by atomic mass is 19.4. The number of halogens is 3. The summed E-state index contributed by atoms with van der Waals surface area (Å²) in [7, 11) is 0. The minimum Gasteiger partial charge on any atom is -0.403 e. The number of hydrogen-bond donors (Lipinski definition) is 2. The van der Waals surface area contributed by atoms with Gasteiger partial charge in [0.1, 0.15) is 11.3 Å². The molecule has 2 aliphatic rings. The molecule has 0 aromatic carbocycles. The summed E-state index contributed by atoms with van der Waals surface area (Å²) in [4.78, 5) is 27.7. The molecule has 8 nitrogen and oxygen atoms in total. The molecule has 2 fully saturated rings. The number of carbonyl (C=O) groups is 1. The molecule has 2 aromatic rings. The predicted octanol–water partition coefficient (Wildman–Crippen LogP) is 3.28. The van der Waals surface area contributed by atoms with Gasteiger partial charge in [-0.1, -0.05) is 18.9 Å². The molecule has 1 aliphatic heterocycles. The van der Waals surface area contributed by atoms with Crippen LogP contribution in [0.25, 0.3) is 11.5 Å². The minimum absolute atomic E-state index is 0.0436. The van der Waals surface area contributed by atoms with Crippen molar-refractivity contribution >= 4 is 11.9 Å². The van der Waals surface area contributed by atoms with Crippen molar-refractivity contribution in [3.05, 3.63) is 28.2 Å². The average molecular weight is 427 g/mol. The number of piperidine rings is 1. The van der Waals surface area contributed by atoms with E-state index in [1.807, 2.05) is 13.8 Å². The second-order valence-corrected chi connectivity index (χ2v) is 7.26. The van der Waals surface area contributed by atoms with Crippen LogP contribution in [0.15, 0.2) is 21.3 Å². The number of alkyl halides is 3. The second-order valence-electron chi connectivity index (χ2n) is 7.26. The highest BCUT2D eigenvalue weighted by molar-refractivity contribution is 5.80. The summed E-state index contributed by atoms with van der Waals surface area (Å²) < 4.78 is 43.1. The number of amides is 1. The van der Waals surface area contributed by atoms with Gasteiger partial charge in [-0.25, -0.2) is 0 Å². The maximum absolute atomic E-state index is 12.6. The number of H-pyrrole nitrogens is 1. The highest BCUT2D eigenvalue weighted by Gasteiger charge is 2.45. The van der Waals surface area contributed by atoms with Crippen molar-refractivity contribution in [2.24, 2.45) is 5.41 Å². The predicted molar refractivity (Wildman–Crippen MR) is 103 cm³/mol. The van der Waals surface area contributed by atoms with E-state index in [9.17, 15) is 22.8 Å². The minimum atomic E-state index is -4.66. The maximum Gasteiger partial charge on any atom is 0.431 e. The number of hydrogen-bond acceptors (Lipinski definition) is 6. The van der Waals surface area contributed by atoms with E-state index in [1.165, 1.54) is 12.8 Å². The summed E-state index contributed by atoms with van der Waals surface area (Å²) in [5.74, 6) is -0.332. The number of pyridine rings is 1. The first-order valence-electron chi connectivity index (χ1n) is 9.92. The van der Waals surface area contributed by atoms with Gasteiger partial charge < -0.3 is 19.6 Å². The van der Waals surface area contributed by atoms with Gasteiger partial charge in [-0.15, -0.1) is 5.10 Å². The third kappa shape index (κ3) is 4.82. The number of anilines is 1. The zero-order valence-electron chi connectivity index (χ0n) is 16.8. The number of rotatable bonds is 4. The van der Waals surface area contributed by atoms with Crippen molar-refractivity contribution < 1.29 is 22.4 Å². The summed E-state index contributed by atoms with van der Waals surface area (Å²) in [5, 5.41) is 10.0. The Morgan fingerprint density at radius 2 is 1.87 bits per heavy atom. The standard InChI is InChI=1S/C17H18F3N5O3.C2H6/c18-17(19,20)11-2-1-10(13(27)22-11)14-23-24-15(28-14)21-9-12(26)25-7-5-16(3-4-16)6-8-25;1-2/h1-2H,3-9H2,(H,21,24)(H,22,27);1-2H3. The van der Waals surface area contributed by atoms with Gasteiger partial charge in [-0.05, 0) is 43.2 Å². The van der Waals surface area contributed by atoms with Crippen LogP contribution in [0.1, 0.15) is 45.2 Å². The van der Waals surface area contributed by atoms with Gasteiger partial charge in [0, 0.05) is 13.1 Å². The molecule has 30 heavy (non-hydrogen) atoms. The van der Waals surface area contributed by atoms with E-state index in [0.717, 1.165) is 38.1 Å². The number of nitrogens with zero attached hydrogens (tertiary/aromatic N) is 3. The van der Waals surface area contributed by atoms with Crippen LogP contribution in [-0.2, 0) is 11.0 Å². The largest absolute Gasteiger partial charge is 0.431 e. The molecule has 1 saturated heterocycles. The summed E-state index contributed by atoms with van der Waals surface area (Å²) in [6.07, 6.45) is -0.101. The molecule has 2 aromatic heterocycles. The molecule has 1 saturated carbocycles. The topological polar surface area (TPSA) is 104 Å². The lowest BCUT2D eigenvalue weighted by Gasteiger charge is -2.32. The molecule has 3 heterocycles. The van der Waals surface area contributed by atoms with Crippen molar-refractivity contribution in [3.63, 3.8) is 0 Å². The van der Waals surface area contributed by atoms with Crippen molar-refractivity contribution in [3.8, 4) is 11.5 Å². The van der Waals surface area contributed by atoms with E-state index < -0.39 is 17.4 Å². The average Bonchev–Trinajstić information content (AvgIpc) is 3.31. The molecule has 0 atom stereocenters. The van der Waals surface area contributed by atoms with Gasteiger partial charge in [0.15, 0.2) is 0 Å². The zero-order valence-corrected chi connectivity index (χ0v) is 16.8. The van der Waals surface area contributed by atoms with E-state index in [1.54, 1.807) is 9.88 Å². The zero-order chi connectivity index (χ0) is 21.9. The highest BCUT2D eigenvalue weighted by Crippen LogP contribution is 2.53. The molecule has 4 rings (SSSR count). The van der Waals surface area contributed by atoms with Gasteiger partial charge in [0.2, 0.25) is 5.91 Å². The van der Waals surface area contributed by atoms with Crippen molar-refractivity contribution in [2.45, 2.75) is 45.7 Å². The number of carbonyl (C=O) groups excluding carboxylic acids is 1. The first-order chi connectivity index (χ1) is 14.3. The Balaban J connectivity index is 0.00000124. The Kier molecular flexibility index (Phi) is 6.18. The number of nitrogens with one attached hydrogen (secondary N) is 2. The summed E-state index contributed by atoms with van der Waals surface area (Å²) in [6.45, 7) is 5.42. The molecule has 0 bridgehead atoms. The normalized spacial score (nSPS) is 17.3. The van der Waals surface area contributed by atoms with Gasteiger partial charge >= 0.3 is 12.2 Å². The van der Waals surface area contributed by atoms with Crippen molar-refractivity contribution in [1.29, 1.82) is 0 Å². The quantitative estimate of drug-likeness (QED) is 0.776. The Hall–Kier alpha value is -2.85. The van der Waals surface area contributed by atoms with E-state index >= 15 is 0 Å². The van der Waals surface area contributed by atoms with Gasteiger partial charge in [0.05, 0.1) is 6.54 Å². The molecule has 164 valence electrons. The van der Waals surface area contributed by atoms with E-state index in [-0.39, 0.29) is 29.9 Å². The first-order valence-corrected chi connectivity index (χ1v) is 9.92. The van der Waals surface area contributed by atoms with Crippen molar-refractivity contribution in [2.75, 3.05) is 25.0 Å². The van der Waals surface area contributed by atoms with Crippen LogP contribution in [0.2, 0.25) is 0 Å². The molecular formula is C19H24F3N5O3. The van der Waals surface area contributed by atoms with E-state index in [0.29, 0.717) is 5.41 Å². The Morgan fingerprint density at radius 1 is 1.20 bits per heavy atom. The van der Waals surface area contributed by atoms with Crippen LogP contribution in [0.3, 0.4) is 0 Å². The van der Waals surface area contributed by atoms with Gasteiger partial charge in [0.25, 0.3) is 11.4 Å².